The number of thioether (sulfide) groups is 1. The number of anilines is 2. The number of hydrogen-bond acceptors (Lipinski definition) is 9. The summed E-state index contributed by atoms with van der Waals surface area (Å²) in [5.41, 5.74) is 8.15. The maximum absolute atomic E-state index is 14.6. The van der Waals surface area contributed by atoms with E-state index in [-0.39, 0.29) is 24.6 Å². The highest BCUT2D eigenvalue weighted by Crippen LogP contribution is 2.38. The summed E-state index contributed by atoms with van der Waals surface area (Å²) in [6, 6.07) is 9.41. The fraction of sp³-hybridized carbons (Fsp3) is 0.407. The third-order valence-corrected chi connectivity index (χ3v) is 7.90. The first-order valence-electron chi connectivity index (χ1n) is 12.6. The largest absolute Gasteiger partial charge is 0.395 e. The molecule has 12 heteroatoms. The number of aliphatic hydroxyl groups excluding tert-OH is 1. The molecule has 2 aromatic heterocycles. The van der Waals surface area contributed by atoms with Gasteiger partial charge in [0.1, 0.15) is 10.8 Å². The number of pyridine rings is 1. The van der Waals surface area contributed by atoms with Crippen LogP contribution < -0.4 is 11.1 Å². The highest BCUT2D eigenvalue weighted by Gasteiger charge is 2.27. The lowest BCUT2D eigenvalue weighted by molar-refractivity contribution is -0.119. The summed E-state index contributed by atoms with van der Waals surface area (Å²) in [6.45, 7) is 7.08. The Morgan fingerprint density at radius 1 is 1.21 bits per heavy atom. The SMILES string of the molecule is CN1CCN(C(CC(N)=O)c2cc(Nc3cc(-c4cc(Cl)ccc4F)nnc3SC(C)(C)CO)ccn2)CC1. The van der Waals surface area contributed by atoms with Crippen molar-refractivity contribution < 1.29 is 14.3 Å². The number of halogens is 2. The summed E-state index contributed by atoms with van der Waals surface area (Å²) in [5, 5.41) is 22.8. The van der Waals surface area contributed by atoms with E-state index in [0.29, 0.717) is 27.1 Å². The van der Waals surface area contributed by atoms with E-state index in [0.717, 1.165) is 31.9 Å². The fourth-order valence-electron chi connectivity index (χ4n) is 4.27. The molecule has 39 heavy (non-hydrogen) atoms. The molecule has 1 atom stereocenters. The standard InChI is InChI=1S/C27H33ClFN7O2S/c1-27(2,16-37)39-26-23(14-21(33-34-26)19-12-17(28)4-5-20(19)29)32-18-6-7-31-22(13-18)24(15-25(30)38)36-10-8-35(3)9-11-36/h4-7,12-14,24,37H,8-11,15-16H2,1-3H3,(H2,30,38)(H,31,32,33). The van der Waals surface area contributed by atoms with Crippen molar-refractivity contribution in [3.63, 3.8) is 0 Å². The Kier molecular flexibility index (Phi) is 9.39. The summed E-state index contributed by atoms with van der Waals surface area (Å²) < 4.78 is 14.1. The van der Waals surface area contributed by atoms with Gasteiger partial charge in [0.05, 0.1) is 29.7 Å². The number of primary amides is 1. The van der Waals surface area contributed by atoms with E-state index in [9.17, 15) is 14.3 Å². The molecule has 0 saturated carbocycles. The summed E-state index contributed by atoms with van der Waals surface area (Å²) in [7, 11) is 2.07. The molecule has 1 aliphatic heterocycles. The number of carbonyl (C=O) groups is 1. The van der Waals surface area contributed by atoms with Crippen molar-refractivity contribution in [1.82, 2.24) is 25.0 Å². The number of amides is 1. The summed E-state index contributed by atoms with van der Waals surface area (Å²) in [5.74, 6) is -0.862. The van der Waals surface area contributed by atoms with Gasteiger partial charge in [-0.05, 0) is 57.3 Å². The van der Waals surface area contributed by atoms with Gasteiger partial charge in [0.15, 0.2) is 0 Å². The van der Waals surface area contributed by atoms with Crippen LogP contribution in [0.25, 0.3) is 11.3 Å². The monoisotopic (exact) mass is 573 g/mol. The van der Waals surface area contributed by atoms with Gasteiger partial charge in [0.25, 0.3) is 0 Å². The first kappa shape index (κ1) is 29.2. The van der Waals surface area contributed by atoms with Crippen LogP contribution in [0.4, 0.5) is 15.8 Å². The number of piperazine rings is 1. The van der Waals surface area contributed by atoms with Crippen molar-refractivity contribution in [1.29, 1.82) is 0 Å². The molecule has 1 aliphatic rings. The molecule has 1 saturated heterocycles. The van der Waals surface area contributed by atoms with Crippen molar-refractivity contribution >= 4 is 40.6 Å². The van der Waals surface area contributed by atoms with E-state index in [2.05, 4.69) is 37.3 Å². The summed E-state index contributed by atoms with van der Waals surface area (Å²) in [6.07, 6.45) is 1.83. The maximum atomic E-state index is 14.6. The maximum Gasteiger partial charge on any atom is 0.219 e. The molecule has 208 valence electrons. The molecule has 3 aromatic rings. The normalized spacial score (nSPS) is 15.7. The van der Waals surface area contributed by atoms with Crippen molar-refractivity contribution in [2.24, 2.45) is 5.73 Å². The number of aliphatic hydroxyl groups is 1. The van der Waals surface area contributed by atoms with E-state index in [1.54, 1.807) is 18.3 Å². The van der Waals surface area contributed by atoms with Crippen LogP contribution in [0, 0.1) is 5.82 Å². The van der Waals surface area contributed by atoms with Gasteiger partial charge in [0.2, 0.25) is 5.91 Å². The molecule has 1 fully saturated rings. The van der Waals surface area contributed by atoms with Gasteiger partial charge in [-0.2, -0.15) is 0 Å². The molecule has 4 N–H and O–H groups in total. The number of carbonyl (C=O) groups excluding carboxylic acids is 1. The third-order valence-electron chi connectivity index (χ3n) is 6.49. The number of nitrogens with two attached hydrogens (primary N) is 1. The number of nitrogens with zero attached hydrogens (tertiary/aromatic N) is 5. The van der Waals surface area contributed by atoms with Gasteiger partial charge in [-0.25, -0.2) is 4.39 Å². The van der Waals surface area contributed by atoms with Crippen LogP contribution in [-0.4, -0.2) is 80.6 Å². The van der Waals surface area contributed by atoms with E-state index in [1.165, 1.54) is 30.0 Å². The number of rotatable bonds is 10. The second kappa shape index (κ2) is 12.6. The van der Waals surface area contributed by atoms with Gasteiger partial charge < -0.3 is 21.1 Å². The number of hydrogen-bond donors (Lipinski definition) is 3. The van der Waals surface area contributed by atoms with Gasteiger partial charge in [0, 0.05) is 59.8 Å². The molecular weight excluding hydrogens is 541 g/mol. The lowest BCUT2D eigenvalue weighted by atomic mass is 10.1. The Labute approximate surface area is 237 Å². The second-order valence-corrected chi connectivity index (χ2v) is 12.3. The van der Waals surface area contributed by atoms with Gasteiger partial charge in [-0.15, -0.1) is 10.2 Å². The first-order chi connectivity index (χ1) is 18.5. The van der Waals surface area contributed by atoms with Crippen LogP contribution in [0.2, 0.25) is 5.02 Å². The average Bonchev–Trinajstić information content (AvgIpc) is 2.90. The topological polar surface area (TPSA) is 121 Å². The van der Waals surface area contributed by atoms with Crippen molar-refractivity contribution in [2.75, 3.05) is 45.2 Å². The minimum atomic E-state index is -0.536. The predicted octanol–water partition coefficient (Wildman–Crippen LogP) is 4.10. The van der Waals surface area contributed by atoms with Gasteiger partial charge >= 0.3 is 0 Å². The van der Waals surface area contributed by atoms with Crippen LogP contribution in [-0.2, 0) is 4.79 Å². The van der Waals surface area contributed by atoms with Crippen molar-refractivity contribution in [3.8, 4) is 11.3 Å². The number of benzene rings is 1. The van der Waals surface area contributed by atoms with Crippen LogP contribution in [0.15, 0.2) is 47.6 Å². The Morgan fingerprint density at radius 3 is 2.64 bits per heavy atom. The van der Waals surface area contributed by atoms with E-state index < -0.39 is 16.5 Å². The van der Waals surface area contributed by atoms with Crippen LogP contribution in [0.1, 0.15) is 32.0 Å². The molecule has 1 aromatic carbocycles. The fourth-order valence-corrected chi connectivity index (χ4v) is 5.34. The van der Waals surface area contributed by atoms with Crippen LogP contribution in [0.5, 0.6) is 0 Å². The van der Waals surface area contributed by atoms with Gasteiger partial charge in [-0.1, -0.05) is 23.4 Å². The van der Waals surface area contributed by atoms with E-state index >= 15 is 0 Å². The first-order valence-corrected chi connectivity index (χ1v) is 13.8. The quantitative estimate of drug-likeness (QED) is 0.308. The van der Waals surface area contributed by atoms with Crippen molar-refractivity contribution in [2.45, 2.75) is 36.1 Å². The summed E-state index contributed by atoms with van der Waals surface area (Å²) in [4.78, 5) is 21.0. The minimum absolute atomic E-state index is 0.0807. The Balaban J connectivity index is 1.70. The lowest BCUT2D eigenvalue weighted by Crippen LogP contribution is -2.46. The lowest BCUT2D eigenvalue weighted by Gasteiger charge is -2.37. The minimum Gasteiger partial charge on any atom is -0.395 e. The number of likely N-dealkylation sites (N-methyl/N-ethyl adjacent to an activating group) is 1. The molecule has 9 nitrogen and oxygen atoms in total. The predicted molar refractivity (Wildman–Crippen MR) is 153 cm³/mol. The zero-order valence-corrected chi connectivity index (χ0v) is 23.8. The van der Waals surface area contributed by atoms with E-state index in [1.807, 2.05) is 19.9 Å². The molecule has 0 aliphatic carbocycles. The smallest absolute Gasteiger partial charge is 0.219 e. The molecule has 0 spiro atoms. The van der Waals surface area contributed by atoms with Crippen molar-refractivity contribution in [3.05, 3.63) is 59.1 Å². The molecular formula is C27H33ClFN7O2S. The molecule has 1 amide bonds. The average molecular weight is 574 g/mol. The summed E-state index contributed by atoms with van der Waals surface area (Å²) >= 11 is 7.47. The zero-order valence-electron chi connectivity index (χ0n) is 22.2. The second-order valence-electron chi connectivity index (χ2n) is 10.2. The van der Waals surface area contributed by atoms with Crippen LogP contribution >= 0.6 is 23.4 Å². The third kappa shape index (κ3) is 7.64. The van der Waals surface area contributed by atoms with Gasteiger partial charge in [-0.3, -0.25) is 14.7 Å². The molecule has 0 bridgehead atoms. The van der Waals surface area contributed by atoms with Crippen LogP contribution in [0.3, 0.4) is 0 Å². The Bertz CT molecular complexity index is 1320. The molecule has 1 unspecified atom stereocenters. The highest BCUT2D eigenvalue weighted by atomic mass is 35.5. The molecule has 0 radical (unpaired) electrons. The number of nitrogens with one attached hydrogen (secondary N) is 1. The zero-order chi connectivity index (χ0) is 28.2. The Hall–Kier alpha value is -2.83. The Morgan fingerprint density at radius 2 is 1.95 bits per heavy atom. The number of aromatic nitrogens is 3. The molecule has 4 rings (SSSR count). The van der Waals surface area contributed by atoms with E-state index in [4.69, 9.17) is 17.3 Å². The highest BCUT2D eigenvalue weighted by molar-refractivity contribution is 8.00. The molecule has 3 heterocycles.